The maximum atomic E-state index is 14.9. The maximum Gasteiger partial charge on any atom is 0.325 e. The van der Waals surface area contributed by atoms with Crippen molar-refractivity contribution in [3.8, 4) is 23.0 Å². The number of carbonyl (C=O) groups excluding carboxylic acids is 2. The Bertz CT molecular complexity index is 1670. The topological polar surface area (TPSA) is 129 Å². The van der Waals surface area contributed by atoms with Gasteiger partial charge in [-0.3, -0.25) is 15.1 Å². The summed E-state index contributed by atoms with van der Waals surface area (Å²) in [6.45, 7) is -0.217. The summed E-state index contributed by atoms with van der Waals surface area (Å²) in [6, 6.07) is 11.6. The lowest BCUT2D eigenvalue weighted by Gasteiger charge is -2.13. The molecule has 38 heavy (non-hydrogen) atoms. The van der Waals surface area contributed by atoms with Crippen LogP contribution < -0.4 is 24.8 Å². The van der Waals surface area contributed by atoms with Crippen LogP contribution in [0, 0.1) is 5.82 Å². The minimum atomic E-state index is -0.825. The smallest absolute Gasteiger partial charge is 0.325 e. The van der Waals surface area contributed by atoms with Gasteiger partial charge in [0.05, 0.1) is 25.9 Å². The first kappa shape index (κ1) is 24.4. The molecule has 0 saturated carbocycles. The Kier molecular flexibility index (Phi) is 6.68. The zero-order valence-electron chi connectivity index (χ0n) is 20.3. The molecule has 5 rings (SSSR count). The zero-order valence-corrected chi connectivity index (χ0v) is 20.3. The standard InChI is InChI=1S/C26H21FN6O5/c1-36-22-11-17-19(12-23(22)37-2)28-9-7-20(17)38-21-6-5-16(10-18(21)27)31-26(35)32-24(34)14-33-25-15(13-30-33)4-3-8-29-25/h3-13H,14H2,1-2H3,(H2,31,32,34,35). The van der Waals surface area contributed by atoms with E-state index >= 15 is 0 Å². The molecule has 0 spiro atoms. The molecule has 3 aromatic heterocycles. The summed E-state index contributed by atoms with van der Waals surface area (Å²) in [5.74, 6) is -0.108. The van der Waals surface area contributed by atoms with Gasteiger partial charge in [-0.25, -0.2) is 18.9 Å². The number of hydrogen-bond acceptors (Lipinski definition) is 8. The second-order valence-corrected chi connectivity index (χ2v) is 8.00. The van der Waals surface area contributed by atoms with Crippen molar-refractivity contribution in [3.05, 3.63) is 72.9 Å². The third kappa shape index (κ3) is 5.00. The second-order valence-electron chi connectivity index (χ2n) is 8.00. The predicted molar refractivity (Wildman–Crippen MR) is 136 cm³/mol. The van der Waals surface area contributed by atoms with Gasteiger partial charge in [-0.05, 0) is 36.4 Å². The molecule has 5 aromatic rings. The first-order valence-electron chi connectivity index (χ1n) is 11.3. The normalized spacial score (nSPS) is 10.8. The number of anilines is 1. The van der Waals surface area contributed by atoms with E-state index in [0.29, 0.717) is 33.8 Å². The number of halogens is 1. The summed E-state index contributed by atoms with van der Waals surface area (Å²) in [4.78, 5) is 33.1. The number of urea groups is 1. The van der Waals surface area contributed by atoms with Crippen molar-refractivity contribution in [1.82, 2.24) is 25.1 Å². The molecule has 3 heterocycles. The van der Waals surface area contributed by atoms with Crippen molar-refractivity contribution in [2.45, 2.75) is 6.54 Å². The summed E-state index contributed by atoms with van der Waals surface area (Å²) >= 11 is 0. The first-order valence-corrected chi connectivity index (χ1v) is 11.3. The number of carbonyl (C=O) groups is 2. The van der Waals surface area contributed by atoms with Crippen LogP contribution in [-0.2, 0) is 11.3 Å². The molecule has 12 heteroatoms. The second kappa shape index (κ2) is 10.4. The summed E-state index contributed by atoms with van der Waals surface area (Å²) in [5.41, 5.74) is 1.21. The van der Waals surface area contributed by atoms with Crippen molar-refractivity contribution < 1.29 is 28.2 Å². The van der Waals surface area contributed by atoms with E-state index in [1.807, 2.05) is 6.07 Å². The molecular formula is C26H21FN6O5. The van der Waals surface area contributed by atoms with E-state index in [4.69, 9.17) is 14.2 Å². The van der Waals surface area contributed by atoms with E-state index in [2.05, 4.69) is 25.7 Å². The number of fused-ring (bicyclic) bond motifs is 2. The van der Waals surface area contributed by atoms with Gasteiger partial charge < -0.3 is 19.5 Å². The number of aromatic nitrogens is 4. The highest BCUT2D eigenvalue weighted by molar-refractivity contribution is 6.01. The molecule has 0 saturated heterocycles. The lowest BCUT2D eigenvalue weighted by Crippen LogP contribution is -2.36. The van der Waals surface area contributed by atoms with E-state index in [1.165, 1.54) is 37.2 Å². The highest BCUT2D eigenvalue weighted by atomic mass is 19.1. The number of nitrogens with one attached hydrogen (secondary N) is 2. The SMILES string of the molecule is COc1cc2nccc(Oc3ccc(NC(=O)NC(=O)Cn4ncc5cccnc54)cc3F)c2cc1OC. The Morgan fingerprint density at radius 2 is 1.76 bits per heavy atom. The zero-order chi connectivity index (χ0) is 26.6. The highest BCUT2D eigenvalue weighted by Crippen LogP contribution is 2.37. The Balaban J connectivity index is 1.26. The van der Waals surface area contributed by atoms with E-state index in [0.717, 1.165) is 11.5 Å². The van der Waals surface area contributed by atoms with Crippen LogP contribution in [0.5, 0.6) is 23.0 Å². The minimum absolute atomic E-state index is 0.0765. The first-order chi connectivity index (χ1) is 18.4. The third-order valence-corrected chi connectivity index (χ3v) is 5.56. The van der Waals surface area contributed by atoms with Gasteiger partial charge in [-0.1, -0.05) is 0 Å². The van der Waals surface area contributed by atoms with Gasteiger partial charge in [-0.2, -0.15) is 5.10 Å². The molecule has 192 valence electrons. The highest BCUT2D eigenvalue weighted by Gasteiger charge is 2.15. The molecule has 0 atom stereocenters. The van der Waals surface area contributed by atoms with Crippen LogP contribution in [0.3, 0.4) is 0 Å². The summed E-state index contributed by atoms with van der Waals surface area (Å²) in [5, 5.41) is 10.1. The fourth-order valence-corrected chi connectivity index (χ4v) is 3.81. The third-order valence-electron chi connectivity index (χ3n) is 5.56. The number of amides is 3. The predicted octanol–water partition coefficient (Wildman–Crippen LogP) is 4.28. The van der Waals surface area contributed by atoms with Crippen LogP contribution in [0.4, 0.5) is 14.9 Å². The maximum absolute atomic E-state index is 14.9. The molecule has 0 aliphatic carbocycles. The average Bonchev–Trinajstić information content (AvgIpc) is 3.32. The molecule has 0 unspecified atom stereocenters. The number of hydrogen-bond donors (Lipinski definition) is 2. The molecule has 0 radical (unpaired) electrons. The van der Waals surface area contributed by atoms with Crippen molar-refractivity contribution in [2.75, 3.05) is 19.5 Å². The van der Waals surface area contributed by atoms with Crippen molar-refractivity contribution >= 4 is 39.6 Å². The van der Waals surface area contributed by atoms with E-state index < -0.39 is 17.8 Å². The molecule has 2 N–H and O–H groups in total. The van der Waals surface area contributed by atoms with E-state index in [1.54, 1.807) is 36.7 Å². The van der Waals surface area contributed by atoms with E-state index in [-0.39, 0.29) is 18.0 Å². The van der Waals surface area contributed by atoms with Crippen LogP contribution in [0.15, 0.2) is 67.1 Å². The average molecular weight is 516 g/mol. The molecule has 0 fully saturated rings. The summed E-state index contributed by atoms with van der Waals surface area (Å²) < 4.78 is 32.7. The molecule has 3 amide bonds. The Hall–Kier alpha value is -5.26. The molecule has 2 aromatic carbocycles. The molecule has 0 bridgehead atoms. The number of pyridine rings is 2. The van der Waals surface area contributed by atoms with Crippen molar-refractivity contribution in [1.29, 1.82) is 0 Å². The van der Waals surface area contributed by atoms with Crippen LogP contribution in [0.25, 0.3) is 21.9 Å². The van der Waals surface area contributed by atoms with Gasteiger partial charge in [0.1, 0.15) is 12.3 Å². The Morgan fingerprint density at radius 1 is 0.947 bits per heavy atom. The van der Waals surface area contributed by atoms with Gasteiger partial charge in [0, 0.05) is 41.0 Å². The number of benzene rings is 2. The Labute approximate surface area is 215 Å². The number of rotatable bonds is 7. The van der Waals surface area contributed by atoms with Gasteiger partial charge >= 0.3 is 6.03 Å². The van der Waals surface area contributed by atoms with Crippen LogP contribution in [-0.4, -0.2) is 45.9 Å². The number of ether oxygens (including phenoxy) is 3. The molecular weight excluding hydrogens is 495 g/mol. The molecule has 0 aliphatic heterocycles. The number of nitrogens with zero attached hydrogens (tertiary/aromatic N) is 4. The van der Waals surface area contributed by atoms with Gasteiger partial charge in [0.25, 0.3) is 0 Å². The van der Waals surface area contributed by atoms with Crippen LogP contribution in [0.2, 0.25) is 0 Å². The van der Waals surface area contributed by atoms with Gasteiger partial charge in [0.2, 0.25) is 5.91 Å². The van der Waals surface area contributed by atoms with E-state index in [9.17, 15) is 14.0 Å². The fraction of sp³-hybridized carbons (Fsp3) is 0.115. The van der Waals surface area contributed by atoms with Crippen LogP contribution >= 0.6 is 0 Å². The quantitative estimate of drug-likeness (QED) is 0.328. The number of methoxy groups -OCH3 is 2. The van der Waals surface area contributed by atoms with Crippen molar-refractivity contribution in [3.63, 3.8) is 0 Å². The lowest BCUT2D eigenvalue weighted by molar-refractivity contribution is -0.120. The van der Waals surface area contributed by atoms with Gasteiger partial charge in [-0.15, -0.1) is 0 Å². The van der Waals surface area contributed by atoms with Crippen molar-refractivity contribution in [2.24, 2.45) is 0 Å². The van der Waals surface area contributed by atoms with Gasteiger partial charge in [0.15, 0.2) is 28.7 Å². The Morgan fingerprint density at radius 3 is 2.55 bits per heavy atom. The number of imide groups is 1. The minimum Gasteiger partial charge on any atom is -0.493 e. The molecule has 11 nitrogen and oxygen atoms in total. The monoisotopic (exact) mass is 516 g/mol. The van der Waals surface area contributed by atoms with Crippen LogP contribution in [0.1, 0.15) is 0 Å². The largest absolute Gasteiger partial charge is 0.493 e. The fourth-order valence-electron chi connectivity index (χ4n) is 3.81. The molecule has 0 aliphatic rings. The summed E-state index contributed by atoms with van der Waals surface area (Å²) in [6.07, 6.45) is 4.68. The lowest BCUT2D eigenvalue weighted by atomic mass is 10.2. The summed E-state index contributed by atoms with van der Waals surface area (Å²) in [7, 11) is 3.02.